The van der Waals surface area contributed by atoms with E-state index >= 15 is 0 Å². The minimum atomic E-state index is -0.824. The molecule has 0 unspecified atom stereocenters. The van der Waals surface area contributed by atoms with Crippen molar-refractivity contribution in [1.82, 2.24) is 0 Å². The first-order chi connectivity index (χ1) is 23.8. The van der Waals surface area contributed by atoms with Gasteiger partial charge in [0.15, 0.2) is 30.3 Å². The first-order valence-electron chi connectivity index (χ1n) is 18.8. The van der Waals surface area contributed by atoms with Gasteiger partial charge in [0.2, 0.25) is 0 Å². The molecule has 11 nitrogen and oxygen atoms in total. The topological polar surface area (TPSA) is 155 Å². The molecule has 1 N–H and O–H groups in total. The highest BCUT2D eigenvalue weighted by Gasteiger charge is 2.73. The van der Waals surface area contributed by atoms with Crippen LogP contribution < -0.4 is 5.82 Å². The number of ether oxygens (including phenoxy) is 3. The molecule has 1 heterocycles. The zero-order chi connectivity index (χ0) is 37.4. The molecule has 10 atom stereocenters. The molecule has 5 aliphatic carbocycles. The lowest BCUT2D eigenvalue weighted by Crippen LogP contribution is -2.71. The van der Waals surface area contributed by atoms with Crippen LogP contribution in [0.25, 0.3) is 0 Å². The van der Waals surface area contributed by atoms with Crippen LogP contribution in [-0.4, -0.2) is 54.6 Å². The zero-order valence-electron chi connectivity index (χ0n) is 31.9. The Morgan fingerprint density at radius 1 is 1.00 bits per heavy atom. The lowest BCUT2D eigenvalue weighted by Gasteiger charge is -2.71. The summed E-state index contributed by atoms with van der Waals surface area (Å²) >= 11 is 0. The van der Waals surface area contributed by atoms with Crippen molar-refractivity contribution < 1.29 is 42.5 Å². The number of fused-ring (bicyclic) bond motifs is 7. The standard InChI is InChI=1S/C40H57NO10/c1-23(2)31-29(50-34(46)51-31)20-48-22-41-40-17-16-38(7)32(39(40,8)11-10-28(24(40)3)49-30(43)21-47-9)27(42)18-25-26-19-36(5,33(44)45)13-12-35(26,4)14-15-37(25,38)6/h18,22-24,26,28,32H,10-17,19-21H2,1-9H3,(H,44,45)/b41-22+/t24-,26-,28-,32-,35+,36-,37+,38+,39+,40+/m0/s1. The van der Waals surface area contributed by atoms with Crippen molar-refractivity contribution in [2.45, 2.75) is 137 Å². The second kappa shape index (κ2) is 12.7. The molecular weight excluding hydrogens is 654 g/mol. The summed E-state index contributed by atoms with van der Waals surface area (Å²) in [6.07, 6.45) is 9.38. The zero-order valence-corrected chi connectivity index (χ0v) is 31.9. The third-order valence-electron chi connectivity index (χ3n) is 15.2. The van der Waals surface area contributed by atoms with Gasteiger partial charge in [0.05, 0.1) is 11.0 Å². The maximum Gasteiger partial charge on any atom is 0.519 e. The smallest absolute Gasteiger partial charge is 0.481 e. The number of allylic oxidation sites excluding steroid dienone is 2. The van der Waals surface area contributed by atoms with Crippen LogP contribution in [0.1, 0.15) is 131 Å². The molecule has 0 radical (unpaired) electrons. The van der Waals surface area contributed by atoms with Gasteiger partial charge in [-0.25, -0.2) is 9.59 Å². The number of hydrogen-bond acceptors (Lipinski definition) is 10. The van der Waals surface area contributed by atoms with Crippen LogP contribution in [0.15, 0.2) is 30.3 Å². The van der Waals surface area contributed by atoms with Gasteiger partial charge in [-0.1, -0.05) is 54.0 Å². The number of ketones is 1. The molecule has 0 saturated heterocycles. The Kier molecular flexibility index (Phi) is 9.37. The number of methoxy groups -OCH3 is 1. The third-order valence-corrected chi connectivity index (χ3v) is 15.2. The fourth-order valence-corrected chi connectivity index (χ4v) is 11.8. The normalized spacial score (nSPS) is 42.0. The molecule has 11 heteroatoms. The monoisotopic (exact) mass is 711 g/mol. The van der Waals surface area contributed by atoms with Crippen molar-refractivity contribution >= 4 is 24.1 Å². The average molecular weight is 712 g/mol. The fourth-order valence-electron chi connectivity index (χ4n) is 11.8. The molecule has 0 aliphatic heterocycles. The molecule has 1 aromatic heterocycles. The van der Waals surface area contributed by atoms with Crippen LogP contribution in [0.3, 0.4) is 0 Å². The largest absolute Gasteiger partial charge is 0.519 e. The van der Waals surface area contributed by atoms with Crippen LogP contribution in [0.5, 0.6) is 0 Å². The molecule has 4 fully saturated rings. The molecule has 282 valence electrons. The van der Waals surface area contributed by atoms with Crippen LogP contribution in [0.2, 0.25) is 0 Å². The van der Waals surface area contributed by atoms with Crippen LogP contribution in [-0.2, 0) is 35.2 Å². The van der Waals surface area contributed by atoms with Crippen molar-refractivity contribution in [3.05, 3.63) is 33.8 Å². The highest BCUT2D eigenvalue weighted by atomic mass is 16.6. The van der Waals surface area contributed by atoms with Gasteiger partial charge in [0.25, 0.3) is 0 Å². The second-order valence-corrected chi connectivity index (χ2v) is 18.0. The van der Waals surface area contributed by atoms with Gasteiger partial charge < -0.3 is 28.2 Å². The van der Waals surface area contributed by atoms with Gasteiger partial charge in [0.1, 0.15) is 12.7 Å². The number of carbonyl (C=O) groups is 3. The van der Waals surface area contributed by atoms with Gasteiger partial charge >= 0.3 is 17.8 Å². The van der Waals surface area contributed by atoms with Crippen molar-refractivity contribution in [3.8, 4) is 0 Å². The summed E-state index contributed by atoms with van der Waals surface area (Å²) in [6.45, 7) is 16.7. The number of carbonyl (C=O) groups excluding carboxylic acids is 2. The van der Waals surface area contributed by atoms with Gasteiger partial charge in [-0.3, -0.25) is 14.6 Å². The maximum absolute atomic E-state index is 14.9. The lowest BCUT2D eigenvalue weighted by atomic mass is 9.33. The van der Waals surface area contributed by atoms with E-state index < -0.39 is 45.6 Å². The van der Waals surface area contributed by atoms with Crippen molar-refractivity contribution in [3.63, 3.8) is 0 Å². The molecule has 6 rings (SSSR count). The first kappa shape index (κ1) is 37.5. The summed E-state index contributed by atoms with van der Waals surface area (Å²) in [6, 6.07) is 0. The Labute approximate surface area is 300 Å². The predicted molar refractivity (Wildman–Crippen MR) is 188 cm³/mol. The van der Waals surface area contributed by atoms with E-state index in [4.69, 9.17) is 28.0 Å². The van der Waals surface area contributed by atoms with E-state index in [1.165, 1.54) is 13.5 Å². The summed E-state index contributed by atoms with van der Waals surface area (Å²) < 4.78 is 27.5. The number of hydrogen-bond donors (Lipinski definition) is 1. The van der Waals surface area contributed by atoms with E-state index in [2.05, 4.69) is 34.6 Å². The van der Waals surface area contributed by atoms with E-state index in [1.807, 2.05) is 26.8 Å². The third kappa shape index (κ3) is 5.57. The second-order valence-electron chi connectivity index (χ2n) is 18.0. The summed E-state index contributed by atoms with van der Waals surface area (Å²) in [7, 11) is 1.46. The highest BCUT2D eigenvalue weighted by Crippen LogP contribution is 2.75. The summed E-state index contributed by atoms with van der Waals surface area (Å²) in [5, 5.41) is 10.3. The SMILES string of the molecule is COCC(=O)O[C@H]1CC[C@]2(C)[C@H]3C(=O)C=C4[C@@H]5C[C@@](C)(C(=O)O)CC[C@]5(C)CC[C@@]4(C)[C@]3(C)CC[C@@]2(/N=C/OCc2oc(=O)oc2C(C)C)[C@H]1C. The van der Waals surface area contributed by atoms with Crippen LogP contribution in [0.4, 0.5) is 0 Å². The van der Waals surface area contributed by atoms with Crippen molar-refractivity contribution in [2.75, 3.05) is 13.7 Å². The molecule has 5 aliphatic rings. The Bertz CT molecular complexity index is 1690. The van der Waals surface area contributed by atoms with Gasteiger partial charge in [-0.05, 0) is 93.0 Å². The number of aliphatic carboxylic acids is 1. The van der Waals surface area contributed by atoms with E-state index in [0.717, 1.165) is 24.8 Å². The van der Waals surface area contributed by atoms with E-state index in [0.29, 0.717) is 50.0 Å². The number of carboxylic acids is 1. The molecule has 4 saturated carbocycles. The molecule has 51 heavy (non-hydrogen) atoms. The average Bonchev–Trinajstić information content (AvgIpc) is 3.44. The van der Waals surface area contributed by atoms with E-state index in [1.54, 1.807) is 0 Å². The molecule has 0 aromatic carbocycles. The van der Waals surface area contributed by atoms with Crippen molar-refractivity contribution in [2.24, 2.45) is 49.8 Å². The fraction of sp³-hybridized carbons (Fsp3) is 0.775. The van der Waals surface area contributed by atoms with Crippen LogP contribution in [0, 0.1) is 44.8 Å². The van der Waals surface area contributed by atoms with Gasteiger partial charge in [-0.15, -0.1) is 0 Å². The molecule has 0 spiro atoms. The lowest BCUT2D eigenvalue weighted by molar-refractivity contribution is -0.200. The summed E-state index contributed by atoms with van der Waals surface area (Å²) in [5.74, 6) is -1.85. The Morgan fingerprint density at radius 2 is 1.71 bits per heavy atom. The van der Waals surface area contributed by atoms with Gasteiger partial charge in [-0.2, -0.15) is 0 Å². The Hall–Kier alpha value is -3.21. The first-order valence-corrected chi connectivity index (χ1v) is 18.8. The van der Waals surface area contributed by atoms with Crippen molar-refractivity contribution in [1.29, 1.82) is 0 Å². The highest BCUT2D eigenvalue weighted by molar-refractivity contribution is 5.96. The Balaban J connectivity index is 1.40. The number of rotatable bonds is 9. The Morgan fingerprint density at radius 3 is 2.37 bits per heavy atom. The number of aliphatic imine (C=N–C) groups is 1. The minimum absolute atomic E-state index is 0.0206. The predicted octanol–water partition coefficient (Wildman–Crippen LogP) is 7.26. The molecule has 0 amide bonds. The molecule has 0 bridgehead atoms. The molecular formula is C40H57NO10. The number of esters is 1. The van der Waals surface area contributed by atoms with Gasteiger partial charge in [0, 0.05) is 30.3 Å². The number of carboxylic acid groups (broad SMARTS) is 1. The number of nitrogens with zero attached hydrogens (tertiary/aromatic N) is 1. The molecule has 1 aromatic rings. The minimum Gasteiger partial charge on any atom is -0.481 e. The van der Waals surface area contributed by atoms with E-state index in [9.17, 15) is 24.3 Å². The maximum atomic E-state index is 14.9. The van der Waals surface area contributed by atoms with Crippen LogP contribution >= 0.6 is 0 Å². The summed E-state index contributed by atoms with van der Waals surface area (Å²) in [5.41, 5.74) is -1.89. The van der Waals surface area contributed by atoms with E-state index in [-0.39, 0.29) is 53.5 Å². The summed E-state index contributed by atoms with van der Waals surface area (Å²) in [4.78, 5) is 57.3. The quantitative estimate of drug-likeness (QED) is 0.157.